The molecule has 0 aromatic rings. The number of hydrogen-bond donors (Lipinski definition) is 0. The maximum absolute atomic E-state index is 8.52. The Morgan fingerprint density at radius 1 is 0.200 bits per heavy atom. The Balaban J connectivity index is -0.0000000152. The van der Waals surface area contributed by atoms with E-state index in [1.165, 1.54) is 0 Å². The fourth-order valence-corrected chi connectivity index (χ4v) is 0. The Morgan fingerprint density at radius 3 is 0.200 bits per heavy atom. The predicted octanol–water partition coefficient (Wildman–Crippen LogP) is -15.2. The van der Waals surface area contributed by atoms with Crippen molar-refractivity contribution in [1.29, 1.82) is 0 Å². The van der Waals surface area contributed by atoms with Crippen LogP contribution in [-0.4, -0.2) is 249 Å². The van der Waals surface area contributed by atoms with Crippen molar-refractivity contribution in [2.75, 3.05) is 0 Å². The first kappa shape index (κ1) is 124. The zero-order valence-electron chi connectivity index (χ0n) is 23.2. The van der Waals surface area contributed by atoms with Gasteiger partial charge in [-0.3, -0.25) is 75.8 Å². The molecular formula is H4Al2Co2Mg2Ni2O38S9. The van der Waals surface area contributed by atoms with Crippen molar-refractivity contribution in [2.45, 2.75) is 0 Å². The minimum atomic E-state index is -5.17. The van der Waals surface area contributed by atoms with Crippen LogP contribution >= 0.6 is 0 Å². The number of hydrogen-bond acceptors (Lipinski definition) is 36. The topological polar surface area (TPSA) is 785 Å². The van der Waals surface area contributed by atoms with E-state index in [1.54, 1.807) is 0 Å². The van der Waals surface area contributed by atoms with Crippen LogP contribution in [0.4, 0.5) is 0 Å². The standard InChI is InChI=1S/2Al.2Co.2Mg.2Ni.9H2O4S.2H2O/c;;;;;;;;9*1-5(2,3)4;;/h;;;;;;;;9*(H2,1,2,3,4);2*1H2/q2*+3;6*+2;;;;;;;;;;;/p-18. The fourth-order valence-electron chi connectivity index (χ4n) is 0. The molecule has 0 aliphatic carbocycles. The third-order valence-electron chi connectivity index (χ3n) is 0. The maximum Gasteiger partial charge on any atom is 3.00 e. The maximum atomic E-state index is 8.52. The van der Waals surface area contributed by atoms with E-state index >= 15 is 0 Å². The molecule has 55 heteroatoms. The van der Waals surface area contributed by atoms with E-state index in [-0.39, 0.29) is 158 Å². The molecule has 0 heterocycles. The molecule has 0 aromatic heterocycles. The van der Waals surface area contributed by atoms with E-state index in [4.69, 9.17) is 158 Å². The molecule has 0 amide bonds. The second-order valence-corrected chi connectivity index (χ2v) is 11.0. The van der Waals surface area contributed by atoms with Crippen LogP contribution in [0.1, 0.15) is 0 Å². The molecule has 55 heavy (non-hydrogen) atoms. The predicted molar refractivity (Wildman–Crippen MR) is 125 cm³/mol. The van der Waals surface area contributed by atoms with Crippen molar-refractivity contribution in [1.82, 2.24) is 0 Å². The second-order valence-electron chi connectivity index (χ2n) is 3.67. The van der Waals surface area contributed by atoms with E-state index in [0.717, 1.165) is 0 Å². The van der Waals surface area contributed by atoms with Crippen LogP contribution in [0.25, 0.3) is 0 Å². The van der Waals surface area contributed by atoms with E-state index in [9.17, 15) is 0 Å². The van der Waals surface area contributed by atoms with Crippen LogP contribution < -0.4 is 0 Å². The van der Waals surface area contributed by atoms with Gasteiger partial charge in [-0.1, -0.05) is 0 Å². The van der Waals surface area contributed by atoms with Crippen molar-refractivity contribution < 1.29 is 235 Å². The van der Waals surface area contributed by atoms with Crippen molar-refractivity contribution in [3.8, 4) is 0 Å². The summed E-state index contributed by atoms with van der Waals surface area (Å²) in [7, 11) is -46.5. The molecule has 0 fully saturated rings. The van der Waals surface area contributed by atoms with Gasteiger partial charge in [0.1, 0.15) is 0 Å². The summed E-state index contributed by atoms with van der Waals surface area (Å²) in [4.78, 5) is 0. The minimum Gasteiger partial charge on any atom is -0.759 e. The summed E-state index contributed by atoms with van der Waals surface area (Å²) in [5.41, 5.74) is 0. The largest absolute Gasteiger partial charge is 3.00 e. The van der Waals surface area contributed by atoms with E-state index < -0.39 is 93.6 Å². The second kappa shape index (κ2) is 55.4. The van der Waals surface area contributed by atoms with Crippen molar-refractivity contribution in [2.24, 2.45) is 0 Å². The first-order valence-electron chi connectivity index (χ1n) is 6.00. The molecule has 0 aliphatic rings. The molecule has 0 unspecified atom stereocenters. The summed E-state index contributed by atoms with van der Waals surface area (Å²) >= 11 is 0. The Kier molecular flexibility index (Phi) is 125. The van der Waals surface area contributed by atoms with E-state index in [1.807, 2.05) is 0 Å². The summed E-state index contributed by atoms with van der Waals surface area (Å²) in [5, 5.41) is 0. The van der Waals surface area contributed by atoms with Gasteiger partial charge in [0.05, 0.1) is 0 Å². The van der Waals surface area contributed by atoms with Gasteiger partial charge in [0.25, 0.3) is 0 Å². The molecule has 2 radical (unpaired) electrons. The normalized spacial score (nSPS) is 9.49. The fraction of sp³-hybridized carbons (Fsp3) is 0. The molecule has 0 spiro atoms. The third kappa shape index (κ3) is 15700. The van der Waals surface area contributed by atoms with Crippen molar-refractivity contribution >= 4 is 174 Å². The zero-order chi connectivity index (χ0) is 40.5. The van der Waals surface area contributed by atoms with Gasteiger partial charge in [-0.25, -0.2) is 0 Å². The van der Waals surface area contributed by atoms with Gasteiger partial charge < -0.3 is 92.9 Å². The summed E-state index contributed by atoms with van der Waals surface area (Å²) < 4.78 is 307. The van der Waals surface area contributed by atoms with Crippen molar-refractivity contribution in [3.63, 3.8) is 0 Å². The SMILES string of the molecule is O.O.O=S(=O)([O-])[O-].O=S(=O)([O-])[O-].O=S(=O)([O-])[O-].O=S(=O)([O-])[O-].O=S(=O)([O-])[O-].O=S(=O)([O-])[O-].O=S(=O)([O-])[O-].O=S(=O)([O-])[O-].O=S(=O)([O-])[O-].[Al+3].[Al+3].[Co+2].[Co+2].[Mg+2].[Mg+2].[Ni+2].[Ni+2]. The van der Waals surface area contributed by atoms with Gasteiger partial charge in [-0.2, -0.15) is 0 Å². The summed E-state index contributed by atoms with van der Waals surface area (Å²) in [6.45, 7) is 0. The molecule has 0 saturated carbocycles. The van der Waals surface area contributed by atoms with Gasteiger partial charge in [-0.15, -0.1) is 0 Å². The molecule has 0 aromatic carbocycles. The summed E-state index contributed by atoms with van der Waals surface area (Å²) in [6, 6.07) is 0. The van der Waals surface area contributed by atoms with E-state index in [2.05, 4.69) is 0 Å². The van der Waals surface area contributed by atoms with Crippen LogP contribution in [0.2, 0.25) is 0 Å². The van der Waals surface area contributed by atoms with Crippen LogP contribution in [-0.2, 0) is 160 Å². The Hall–Kier alpha value is 3.35. The smallest absolute Gasteiger partial charge is 0.759 e. The van der Waals surface area contributed by atoms with Gasteiger partial charge in [0.2, 0.25) is 0 Å². The third-order valence-corrected chi connectivity index (χ3v) is 0. The average Bonchev–Trinajstić information content (AvgIpc) is 2.26. The Labute approximate surface area is 404 Å². The molecule has 0 saturated heterocycles. The monoisotopic (exact) mass is 1240 g/mol. The van der Waals surface area contributed by atoms with Crippen LogP contribution in [0, 0.1) is 0 Å². The van der Waals surface area contributed by atoms with Gasteiger partial charge in [-0.05, 0) is 0 Å². The summed E-state index contributed by atoms with van der Waals surface area (Å²) in [6.07, 6.45) is 0. The van der Waals surface area contributed by atoms with Crippen LogP contribution in [0.3, 0.4) is 0 Å². The molecule has 4 N–H and O–H groups in total. The van der Waals surface area contributed by atoms with Crippen LogP contribution in [0.15, 0.2) is 0 Å². The molecule has 0 aliphatic heterocycles. The van der Waals surface area contributed by atoms with Gasteiger partial charge >= 0.3 is 147 Å². The Morgan fingerprint density at radius 2 is 0.200 bits per heavy atom. The first-order valence-corrected chi connectivity index (χ1v) is 18.0. The summed E-state index contributed by atoms with van der Waals surface area (Å²) in [5.74, 6) is 0. The van der Waals surface area contributed by atoms with E-state index in [0.29, 0.717) is 0 Å². The average molecular weight is 1240 g/mol. The molecule has 0 atom stereocenters. The van der Waals surface area contributed by atoms with Gasteiger partial charge in [0, 0.05) is 93.6 Å². The van der Waals surface area contributed by atoms with Crippen molar-refractivity contribution in [3.05, 3.63) is 0 Å². The number of rotatable bonds is 0. The molecule has 0 bridgehead atoms. The molecule has 334 valence electrons. The minimum absolute atomic E-state index is 0. The molecule has 0 rings (SSSR count). The molecule has 38 nitrogen and oxygen atoms in total. The van der Waals surface area contributed by atoms with Crippen LogP contribution in [0.5, 0.6) is 0 Å². The Bertz CT molecular complexity index is 1260. The molecular weight excluding hydrogens is 1230 g/mol. The zero-order valence-corrected chi connectivity index (χ0v) is 39.8. The van der Waals surface area contributed by atoms with Gasteiger partial charge in [0.15, 0.2) is 0 Å². The first-order chi connectivity index (χ1) is 18.0. The quantitative estimate of drug-likeness (QED) is 0.123.